The van der Waals surface area contributed by atoms with Crippen LogP contribution in [-0.4, -0.2) is 29.2 Å². The van der Waals surface area contributed by atoms with Crippen LogP contribution >= 0.6 is 22.6 Å². The number of carbonyl (C=O) groups excluding carboxylic acids is 1. The molecule has 0 bridgehead atoms. The molecule has 0 saturated carbocycles. The van der Waals surface area contributed by atoms with Gasteiger partial charge in [-0.05, 0) is 17.7 Å². The Morgan fingerprint density at radius 3 is 2.31 bits per heavy atom. The highest BCUT2D eigenvalue weighted by atomic mass is 127. The van der Waals surface area contributed by atoms with Crippen molar-refractivity contribution in [2.45, 2.75) is 10.0 Å². The Morgan fingerprint density at radius 2 is 1.88 bits per heavy atom. The number of alkyl halides is 1. The van der Waals surface area contributed by atoms with Crippen molar-refractivity contribution in [2.24, 2.45) is 0 Å². The van der Waals surface area contributed by atoms with Crippen molar-refractivity contribution in [3.8, 4) is 5.75 Å². The number of aliphatic hydroxyl groups excluding tert-OH is 1. The van der Waals surface area contributed by atoms with Gasteiger partial charge >= 0.3 is 5.97 Å². The van der Waals surface area contributed by atoms with E-state index in [1.807, 2.05) is 22.6 Å². The second-order valence-corrected chi connectivity index (χ2v) is 4.48. The summed E-state index contributed by atoms with van der Waals surface area (Å²) < 4.78 is 8.96. The van der Waals surface area contributed by atoms with Gasteiger partial charge in [0.05, 0.1) is 14.2 Å². The molecule has 2 atom stereocenters. The molecule has 16 heavy (non-hydrogen) atoms. The van der Waals surface area contributed by atoms with E-state index in [0.29, 0.717) is 11.3 Å². The Morgan fingerprint density at radius 1 is 1.31 bits per heavy atom. The summed E-state index contributed by atoms with van der Waals surface area (Å²) in [5, 5.41) is 9.91. The molecule has 0 unspecified atom stereocenters. The number of rotatable bonds is 4. The van der Waals surface area contributed by atoms with Crippen LogP contribution in [0.15, 0.2) is 24.3 Å². The summed E-state index contributed by atoms with van der Waals surface area (Å²) in [6, 6.07) is 6.91. The van der Waals surface area contributed by atoms with Gasteiger partial charge in [-0.1, -0.05) is 34.7 Å². The fraction of sp³-hybridized carbons (Fsp3) is 0.364. The molecule has 0 amide bonds. The number of halogens is 1. The third kappa shape index (κ3) is 3.08. The van der Waals surface area contributed by atoms with E-state index < -0.39 is 16.0 Å². The number of methoxy groups -OCH3 is 2. The van der Waals surface area contributed by atoms with Gasteiger partial charge in [0, 0.05) is 0 Å². The Balaban J connectivity index is 2.79. The zero-order valence-electron chi connectivity index (χ0n) is 9.01. The first kappa shape index (κ1) is 13.2. The van der Waals surface area contributed by atoms with Crippen LogP contribution in [0, 0.1) is 0 Å². The largest absolute Gasteiger partial charge is 0.497 e. The fourth-order valence-corrected chi connectivity index (χ4v) is 1.88. The minimum absolute atomic E-state index is 0.441. The standard InChI is InChI=1S/C11H13IO4/c1-15-8-5-3-7(4-6-8)10(13)9(12)11(14)16-2/h3-6,9-10,13H,1-2H3/t9-,10-/m1/s1. The average molecular weight is 336 g/mol. The summed E-state index contributed by atoms with van der Waals surface area (Å²) in [5.41, 5.74) is 0.658. The van der Waals surface area contributed by atoms with Crippen LogP contribution in [0.1, 0.15) is 11.7 Å². The van der Waals surface area contributed by atoms with Gasteiger partial charge in [0.25, 0.3) is 0 Å². The third-order valence-corrected chi connectivity index (χ3v) is 3.35. The first-order valence-corrected chi connectivity index (χ1v) is 5.88. The van der Waals surface area contributed by atoms with Crippen molar-refractivity contribution in [2.75, 3.05) is 14.2 Å². The van der Waals surface area contributed by atoms with Crippen molar-refractivity contribution >= 4 is 28.6 Å². The van der Waals surface area contributed by atoms with Crippen molar-refractivity contribution in [1.82, 2.24) is 0 Å². The molecule has 1 aromatic rings. The predicted molar refractivity (Wildman–Crippen MR) is 67.8 cm³/mol. The van der Waals surface area contributed by atoms with Crippen LogP contribution in [0.5, 0.6) is 5.75 Å². The van der Waals surface area contributed by atoms with Crippen LogP contribution in [0.2, 0.25) is 0 Å². The molecular weight excluding hydrogens is 323 g/mol. The van der Waals surface area contributed by atoms with Gasteiger partial charge in [-0.2, -0.15) is 0 Å². The summed E-state index contributed by atoms with van der Waals surface area (Å²) in [5.74, 6) is 0.267. The SMILES string of the molecule is COC(=O)[C@H](I)[C@H](O)c1ccc(OC)cc1. The van der Waals surface area contributed by atoms with E-state index in [-0.39, 0.29) is 0 Å². The third-order valence-electron chi connectivity index (χ3n) is 2.16. The zero-order chi connectivity index (χ0) is 12.1. The summed E-state index contributed by atoms with van der Waals surface area (Å²) in [6.45, 7) is 0. The Bertz CT molecular complexity index is 350. The van der Waals surface area contributed by atoms with Crippen LogP contribution in [0.25, 0.3) is 0 Å². The molecule has 4 nitrogen and oxygen atoms in total. The quantitative estimate of drug-likeness (QED) is 0.517. The number of hydrogen-bond acceptors (Lipinski definition) is 4. The summed E-state index contributed by atoms with van der Waals surface area (Å²) in [4.78, 5) is 11.2. The van der Waals surface area contributed by atoms with E-state index in [1.54, 1.807) is 31.4 Å². The second-order valence-electron chi connectivity index (χ2n) is 3.14. The maximum atomic E-state index is 11.2. The Hall–Kier alpha value is -0.820. The number of benzene rings is 1. The molecule has 1 aromatic carbocycles. The highest BCUT2D eigenvalue weighted by molar-refractivity contribution is 14.1. The molecule has 0 heterocycles. The molecule has 5 heteroatoms. The number of ether oxygens (including phenoxy) is 2. The van der Waals surface area contributed by atoms with Crippen LogP contribution in [0.4, 0.5) is 0 Å². The summed E-state index contributed by atoms with van der Waals surface area (Å²) in [7, 11) is 2.87. The molecule has 1 rings (SSSR count). The van der Waals surface area contributed by atoms with E-state index >= 15 is 0 Å². The lowest BCUT2D eigenvalue weighted by Gasteiger charge is -2.15. The average Bonchev–Trinajstić information content (AvgIpc) is 2.36. The van der Waals surface area contributed by atoms with E-state index in [4.69, 9.17) is 4.74 Å². The highest BCUT2D eigenvalue weighted by Crippen LogP contribution is 2.25. The van der Waals surface area contributed by atoms with Gasteiger partial charge in [0.15, 0.2) is 0 Å². The molecule has 0 radical (unpaired) electrons. The van der Waals surface area contributed by atoms with Gasteiger partial charge in [-0.15, -0.1) is 0 Å². The number of carbonyl (C=O) groups is 1. The van der Waals surface area contributed by atoms with Crippen LogP contribution < -0.4 is 4.74 Å². The number of esters is 1. The normalized spacial score (nSPS) is 14.0. The summed E-state index contributed by atoms with van der Waals surface area (Å²) >= 11 is 1.86. The smallest absolute Gasteiger partial charge is 0.321 e. The maximum Gasteiger partial charge on any atom is 0.321 e. The zero-order valence-corrected chi connectivity index (χ0v) is 11.2. The molecule has 0 aliphatic rings. The van der Waals surface area contributed by atoms with Crippen LogP contribution in [0.3, 0.4) is 0 Å². The minimum Gasteiger partial charge on any atom is -0.497 e. The Kier molecular flexibility index (Phi) is 5.01. The Labute approximate surface area is 108 Å². The molecular formula is C11H13IO4. The molecule has 0 aromatic heterocycles. The monoisotopic (exact) mass is 336 g/mol. The molecule has 88 valence electrons. The van der Waals surface area contributed by atoms with Crippen molar-refractivity contribution in [1.29, 1.82) is 0 Å². The van der Waals surface area contributed by atoms with Gasteiger partial charge in [0.1, 0.15) is 15.8 Å². The topological polar surface area (TPSA) is 55.8 Å². The van der Waals surface area contributed by atoms with Gasteiger partial charge < -0.3 is 14.6 Å². The van der Waals surface area contributed by atoms with E-state index in [2.05, 4.69) is 4.74 Å². The van der Waals surface area contributed by atoms with Gasteiger partial charge in [0.2, 0.25) is 0 Å². The summed E-state index contributed by atoms with van der Waals surface area (Å²) in [6.07, 6.45) is -0.876. The lowest BCUT2D eigenvalue weighted by Crippen LogP contribution is -2.23. The molecule has 0 fully saturated rings. The maximum absolute atomic E-state index is 11.2. The van der Waals surface area contributed by atoms with E-state index in [1.165, 1.54) is 7.11 Å². The first-order chi connectivity index (χ1) is 7.60. The van der Waals surface area contributed by atoms with Crippen molar-refractivity contribution < 1.29 is 19.4 Å². The number of hydrogen-bond donors (Lipinski definition) is 1. The molecule has 0 aliphatic carbocycles. The van der Waals surface area contributed by atoms with Crippen LogP contribution in [-0.2, 0) is 9.53 Å². The lowest BCUT2D eigenvalue weighted by molar-refractivity contribution is -0.141. The van der Waals surface area contributed by atoms with Crippen molar-refractivity contribution in [3.63, 3.8) is 0 Å². The fourth-order valence-electron chi connectivity index (χ4n) is 1.21. The molecule has 0 saturated heterocycles. The van der Waals surface area contributed by atoms with E-state index in [0.717, 1.165) is 0 Å². The second kappa shape index (κ2) is 6.05. The highest BCUT2D eigenvalue weighted by Gasteiger charge is 2.25. The van der Waals surface area contributed by atoms with Crippen molar-refractivity contribution in [3.05, 3.63) is 29.8 Å². The van der Waals surface area contributed by atoms with Gasteiger partial charge in [-0.25, -0.2) is 0 Å². The molecule has 0 spiro atoms. The van der Waals surface area contributed by atoms with E-state index in [9.17, 15) is 9.90 Å². The molecule has 1 N–H and O–H groups in total. The lowest BCUT2D eigenvalue weighted by atomic mass is 10.1. The molecule has 0 aliphatic heterocycles. The first-order valence-electron chi connectivity index (χ1n) is 4.64. The number of aliphatic hydroxyl groups is 1. The van der Waals surface area contributed by atoms with Gasteiger partial charge in [-0.3, -0.25) is 4.79 Å². The predicted octanol–water partition coefficient (Wildman–Crippen LogP) is 1.71. The minimum atomic E-state index is -0.876.